The highest BCUT2D eigenvalue weighted by molar-refractivity contribution is 5.81. The summed E-state index contributed by atoms with van der Waals surface area (Å²) in [7, 11) is 0. The van der Waals surface area contributed by atoms with Crippen molar-refractivity contribution in [1.29, 1.82) is 0 Å². The molecule has 1 fully saturated rings. The van der Waals surface area contributed by atoms with Gasteiger partial charge >= 0.3 is 5.97 Å². The highest BCUT2D eigenvalue weighted by Gasteiger charge is 2.25. The molecule has 0 aromatic carbocycles. The van der Waals surface area contributed by atoms with Gasteiger partial charge in [0.05, 0.1) is 6.04 Å². The molecule has 1 aliphatic rings. The van der Waals surface area contributed by atoms with Gasteiger partial charge in [-0.15, -0.1) is 0 Å². The van der Waals surface area contributed by atoms with Gasteiger partial charge in [0.1, 0.15) is 6.10 Å². The van der Waals surface area contributed by atoms with Crippen LogP contribution in [0.3, 0.4) is 0 Å². The highest BCUT2D eigenvalue weighted by atomic mass is 17.2. The first-order chi connectivity index (χ1) is 7.50. The number of carbonyl (C=O) groups excluding carboxylic acids is 2. The summed E-state index contributed by atoms with van der Waals surface area (Å²) in [6.45, 7) is 4.14. The van der Waals surface area contributed by atoms with E-state index in [1.165, 1.54) is 6.92 Å². The number of carbonyl (C=O) groups is 2. The molecular formula is C10H18N2O4. The van der Waals surface area contributed by atoms with Gasteiger partial charge in [0, 0.05) is 20.0 Å². The van der Waals surface area contributed by atoms with E-state index in [0.29, 0.717) is 25.9 Å². The van der Waals surface area contributed by atoms with Crippen molar-refractivity contribution in [2.45, 2.75) is 38.8 Å². The van der Waals surface area contributed by atoms with Crippen LogP contribution in [0.5, 0.6) is 0 Å². The van der Waals surface area contributed by atoms with Crippen molar-refractivity contribution in [1.82, 2.24) is 4.90 Å². The molecule has 0 spiro atoms. The van der Waals surface area contributed by atoms with E-state index >= 15 is 0 Å². The van der Waals surface area contributed by atoms with Crippen LogP contribution in [-0.4, -0.2) is 42.0 Å². The molecule has 1 atom stereocenters. The SMILES string of the molecule is CC(=O)OOC1CCN(C(=O)[C@H](C)N)CC1. The van der Waals surface area contributed by atoms with Crippen molar-refractivity contribution in [3.05, 3.63) is 0 Å². The van der Waals surface area contributed by atoms with Crippen LogP contribution in [0, 0.1) is 0 Å². The summed E-state index contributed by atoms with van der Waals surface area (Å²) < 4.78 is 0. The Bertz CT molecular complexity index is 260. The first-order valence-corrected chi connectivity index (χ1v) is 5.39. The summed E-state index contributed by atoms with van der Waals surface area (Å²) in [5.41, 5.74) is 5.51. The number of amides is 1. The number of likely N-dealkylation sites (tertiary alicyclic amines) is 1. The maximum Gasteiger partial charge on any atom is 0.339 e. The van der Waals surface area contributed by atoms with Crippen LogP contribution in [-0.2, 0) is 19.4 Å². The van der Waals surface area contributed by atoms with E-state index in [9.17, 15) is 9.59 Å². The van der Waals surface area contributed by atoms with E-state index in [-0.39, 0.29) is 12.0 Å². The minimum atomic E-state index is -0.467. The molecule has 6 nitrogen and oxygen atoms in total. The van der Waals surface area contributed by atoms with Crippen LogP contribution < -0.4 is 5.73 Å². The molecule has 0 aromatic heterocycles. The molecule has 1 saturated heterocycles. The Morgan fingerprint density at radius 2 is 1.94 bits per heavy atom. The van der Waals surface area contributed by atoms with Crippen LogP contribution in [0.25, 0.3) is 0 Å². The van der Waals surface area contributed by atoms with Gasteiger partial charge in [-0.25, -0.2) is 4.79 Å². The monoisotopic (exact) mass is 230 g/mol. The smallest absolute Gasteiger partial charge is 0.339 e. The number of nitrogens with zero attached hydrogens (tertiary/aromatic N) is 1. The number of hydrogen-bond donors (Lipinski definition) is 1. The Kier molecular flexibility index (Phi) is 4.70. The molecular weight excluding hydrogens is 212 g/mol. The standard InChI is InChI=1S/C10H18N2O4/c1-7(11)10(14)12-5-3-9(4-6-12)16-15-8(2)13/h7,9H,3-6,11H2,1-2H3/t7-/m0/s1. The van der Waals surface area contributed by atoms with E-state index in [1.807, 2.05) is 0 Å². The Morgan fingerprint density at radius 1 is 1.38 bits per heavy atom. The number of piperidine rings is 1. The Morgan fingerprint density at radius 3 is 2.38 bits per heavy atom. The summed E-state index contributed by atoms with van der Waals surface area (Å²) in [6, 6.07) is -0.467. The van der Waals surface area contributed by atoms with Crippen LogP contribution in [0.15, 0.2) is 0 Å². The van der Waals surface area contributed by atoms with E-state index < -0.39 is 12.0 Å². The molecule has 2 N–H and O–H groups in total. The first kappa shape index (κ1) is 12.9. The fourth-order valence-electron chi connectivity index (χ4n) is 1.60. The molecule has 1 aliphatic heterocycles. The lowest BCUT2D eigenvalue weighted by Crippen LogP contribution is -2.47. The van der Waals surface area contributed by atoms with Crippen molar-refractivity contribution in [2.24, 2.45) is 5.73 Å². The molecule has 1 heterocycles. The third kappa shape index (κ3) is 3.79. The van der Waals surface area contributed by atoms with Crippen molar-refractivity contribution in [3.8, 4) is 0 Å². The quantitative estimate of drug-likeness (QED) is 0.537. The average molecular weight is 230 g/mol. The maximum atomic E-state index is 11.5. The van der Waals surface area contributed by atoms with Crippen molar-refractivity contribution in [2.75, 3.05) is 13.1 Å². The van der Waals surface area contributed by atoms with E-state index in [2.05, 4.69) is 4.89 Å². The predicted octanol–water partition coefficient (Wildman–Crippen LogP) is -0.181. The summed E-state index contributed by atoms with van der Waals surface area (Å²) >= 11 is 0. The molecule has 0 radical (unpaired) electrons. The fraction of sp³-hybridized carbons (Fsp3) is 0.800. The second-order valence-electron chi connectivity index (χ2n) is 3.98. The molecule has 1 amide bonds. The maximum absolute atomic E-state index is 11.5. The molecule has 16 heavy (non-hydrogen) atoms. The molecule has 0 unspecified atom stereocenters. The normalized spacial score (nSPS) is 19.3. The van der Waals surface area contributed by atoms with Gasteiger partial charge in [0.2, 0.25) is 5.91 Å². The number of rotatable bonds is 3. The first-order valence-electron chi connectivity index (χ1n) is 5.39. The largest absolute Gasteiger partial charge is 0.341 e. The van der Waals surface area contributed by atoms with Crippen LogP contribution >= 0.6 is 0 Å². The second kappa shape index (κ2) is 5.81. The van der Waals surface area contributed by atoms with Crippen LogP contribution in [0.1, 0.15) is 26.7 Å². The summed E-state index contributed by atoms with van der Waals surface area (Å²) in [4.78, 5) is 33.1. The van der Waals surface area contributed by atoms with E-state index in [4.69, 9.17) is 10.6 Å². The topological polar surface area (TPSA) is 81.9 Å². The Hall–Kier alpha value is -1.14. The zero-order chi connectivity index (χ0) is 12.1. The zero-order valence-electron chi connectivity index (χ0n) is 9.64. The van der Waals surface area contributed by atoms with Crippen LogP contribution in [0.4, 0.5) is 0 Å². The number of hydrogen-bond acceptors (Lipinski definition) is 5. The lowest BCUT2D eigenvalue weighted by molar-refractivity contribution is -0.301. The fourth-order valence-corrected chi connectivity index (χ4v) is 1.60. The van der Waals surface area contributed by atoms with Crippen molar-refractivity contribution < 1.29 is 19.4 Å². The molecule has 6 heteroatoms. The van der Waals surface area contributed by atoms with Gasteiger partial charge in [-0.2, -0.15) is 4.89 Å². The molecule has 0 saturated carbocycles. The van der Waals surface area contributed by atoms with Gasteiger partial charge in [0.25, 0.3) is 0 Å². The third-order valence-corrected chi connectivity index (χ3v) is 2.44. The van der Waals surface area contributed by atoms with E-state index in [1.54, 1.807) is 11.8 Å². The van der Waals surface area contributed by atoms with Gasteiger partial charge in [-0.1, -0.05) is 0 Å². The minimum absolute atomic E-state index is 0.0501. The average Bonchev–Trinajstić information content (AvgIpc) is 2.26. The highest BCUT2D eigenvalue weighted by Crippen LogP contribution is 2.14. The van der Waals surface area contributed by atoms with Gasteiger partial charge in [-0.05, 0) is 19.8 Å². The van der Waals surface area contributed by atoms with Gasteiger partial charge in [-0.3, -0.25) is 9.68 Å². The van der Waals surface area contributed by atoms with Crippen molar-refractivity contribution >= 4 is 11.9 Å². The Labute approximate surface area is 94.6 Å². The predicted molar refractivity (Wildman–Crippen MR) is 56.1 cm³/mol. The van der Waals surface area contributed by atoms with Gasteiger partial charge in [0.15, 0.2) is 0 Å². The lowest BCUT2D eigenvalue weighted by Gasteiger charge is -2.31. The molecule has 92 valence electrons. The molecule has 0 aliphatic carbocycles. The second-order valence-corrected chi connectivity index (χ2v) is 3.98. The third-order valence-electron chi connectivity index (χ3n) is 2.44. The molecule has 0 aromatic rings. The summed E-state index contributed by atoms with van der Waals surface area (Å²) in [6.07, 6.45) is 1.19. The summed E-state index contributed by atoms with van der Waals surface area (Å²) in [5.74, 6) is -0.514. The number of nitrogens with two attached hydrogens (primary N) is 1. The molecule has 1 rings (SSSR count). The Balaban J connectivity index is 2.28. The van der Waals surface area contributed by atoms with Gasteiger partial charge < -0.3 is 10.6 Å². The zero-order valence-corrected chi connectivity index (χ0v) is 9.64. The summed E-state index contributed by atoms with van der Waals surface area (Å²) in [5, 5.41) is 0. The molecule has 0 bridgehead atoms. The van der Waals surface area contributed by atoms with E-state index in [0.717, 1.165) is 0 Å². The lowest BCUT2D eigenvalue weighted by atomic mass is 10.1. The minimum Gasteiger partial charge on any atom is -0.341 e. The van der Waals surface area contributed by atoms with Crippen molar-refractivity contribution in [3.63, 3.8) is 0 Å². The van der Waals surface area contributed by atoms with Crippen LogP contribution in [0.2, 0.25) is 0 Å².